The molecular formula is C24H38N2O10S. The van der Waals surface area contributed by atoms with Crippen molar-refractivity contribution < 1.29 is 48.1 Å². The molecule has 0 radical (unpaired) electrons. The van der Waals surface area contributed by atoms with E-state index >= 15 is 0 Å². The second-order valence-corrected chi connectivity index (χ2v) is 10.7. The van der Waals surface area contributed by atoms with Gasteiger partial charge in [0.05, 0.1) is 26.6 Å². The Morgan fingerprint density at radius 1 is 1.00 bits per heavy atom. The van der Waals surface area contributed by atoms with Crippen LogP contribution in [0.1, 0.15) is 65.7 Å². The summed E-state index contributed by atoms with van der Waals surface area (Å²) in [5.74, 6) is -3.27. The Bertz CT molecular complexity index is 847. The van der Waals surface area contributed by atoms with Gasteiger partial charge in [-0.15, -0.1) is 0 Å². The molecule has 0 aromatic heterocycles. The van der Waals surface area contributed by atoms with Crippen molar-refractivity contribution in [3.05, 3.63) is 0 Å². The van der Waals surface area contributed by atoms with Crippen LogP contribution in [0.5, 0.6) is 0 Å². The first kappa shape index (κ1) is 32.5. The van der Waals surface area contributed by atoms with Gasteiger partial charge in [-0.2, -0.15) is 0 Å². The summed E-state index contributed by atoms with van der Waals surface area (Å²) in [6, 6.07) is 0. The molecule has 0 bridgehead atoms. The van der Waals surface area contributed by atoms with Gasteiger partial charge >= 0.3 is 11.9 Å². The van der Waals surface area contributed by atoms with Crippen molar-refractivity contribution >= 4 is 46.4 Å². The highest BCUT2D eigenvalue weighted by atomic mass is 32.2. The standard InChI is InChI=1S/C24H38N2O10S/c1-23(2)15-35-24(3,10-5-6-18(29)30)36-21(23)22(33)26-11-9-17(28)25-12-13-37-20(32)14-16(27)7-8-19(31)34-4/h21H,5-15H2,1-4H3,(H,25,28)(H,26,33)(H,29,30)/t21-,24?/m0/s1. The maximum atomic E-state index is 12.8. The van der Waals surface area contributed by atoms with Crippen LogP contribution in [0.3, 0.4) is 0 Å². The molecule has 0 spiro atoms. The zero-order valence-electron chi connectivity index (χ0n) is 21.9. The zero-order chi connectivity index (χ0) is 28.1. The van der Waals surface area contributed by atoms with E-state index in [1.807, 2.05) is 13.8 Å². The van der Waals surface area contributed by atoms with E-state index < -0.39 is 29.2 Å². The number of ketones is 1. The maximum Gasteiger partial charge on any atom is 0.305 e. The second-order valence-electron chi connectivity index (χ2n) is 9.56. The first-order chi connectivity index (χ1) is 17.3. The smallest absolute Gasteiger partial charge is 0.305 e. The number of rotatable bonds is 16. The van der Waals surface area contributed by atoms with E-state index in [0.717, 1.165) is 11.8 Å². The molecule has 3 N–H and O–H groups in total. The molecule has 1 fully saturated rings. The summed E-state index contributed by atoms with van der Waals surface area (Å²) in [5, 5.41) is 13.8. The summed E-state index contributed by atoms with van der Waals surface area (Å²) in [6.07, 6.45) is -0.580. The van der Waals surface area contributed by atoms with Crippen molar-refractivity contribution in [2.45, 2.75) is 77.6 Å². The molecule has 1 aliphatic rings. The largest absolute Gasteiger partial charge is 0.481 e. The Hall–Kier alpha value is -2.51. The normalized spacial score (nSPS) is 20.5. The number of carbonyl (C=O) groups excluding carboxylic acids is 5. The van der Waals surface area contributed by atoms with Crippen molar-refractivity contribution in [3.8, 4) is 0 Å². The van der Waals surface area contributed by atoms with Crippen LogP contribution < -0.4 is 10.6 Å². The number of Topliss-reactive ketones (excluding diaryl/α,β-unsaturated/α-hetero) is 1. The number of thioether (sulfide) groups is 1. The number of ether oxygens (including phenoxy) is 3. The molecule has 1 heterocycles. The lowest BCUT2D eigenvalue weighted by molar-refractivity contribution is -0.315. The van der Waals surface area contributed by atoms with Gasteiger partial charge < -0.3 is 30.0 Å². The van der Waals surface area contributed by atoms with Gasteiger partial charge in [0.25, 0.3) is 0 Å². The molecule has 2 amide bonds. The SMILES string of the molecule is COC(=O)CCC(=O)CC(=O)SCCNC(=O)CCNC(=O)[C@@H]1OC(C)(CCCC(=O)O)OCC1(C)C. The van der Waals surface area contributed by atoms with Gasteiger partial charge in [-0.25, -0.2) is 0 Å². The van der Waals surface area contributed by atoms with E-state index in [9.17, 15) is 28.8 Å². The average molecular weight is 547 g/mol. The van der Waals surface area contributed by atoms with Crippen molar-refractivity contribution in [1.82, 2.24) is 10.6 Å². The molecular weight excluding hydrogens is 508 g/mol. The number of methoxy groups -OCH3 is 1. The van der Waals surface area contributed by atoms with Gasteiger partial charge in [-0.1, -0.05) is 25.6 Å². The summed E-state index contributed by atoms with van der Waals surface area (Å²) in [7, 11) is 1.22. The minimum atomic E-state index is -1.08. The Labute approximate surface area is 220 Å². The van der Waals surface area contributed by atoms with E-state index in [1.165, 1.54) is 7.11 Å². The Morgan fingerprint density at radius 3 is 2.35 bits per heavy atom. The van der Waals surface area contributed by atoms with Crippen LogP contribution in [-0.4, -0.2) is 84.2 Å². The fourth-order valence-corrected chi connectivity index (χ4v) is 4.13. The molecule has 1 unspecified atom stereocenters. The van der Waals surface area contributed by atoms with Gasteiger partial charge in [-0.05, 0) is 13.3 Å². The highest BCUT2D eigenvalue weighted by Crippen LogP contribution is 2.37. The number of carboxylic acid groups (broad SMARTS) is 1. The predicted octanol–water partition coefficient (Wildman–Crippen LogP) is 1.19. The number of nitrogens with one attached hydrogen (secondary N) is 2. The average Bonchev–Trinajstić information content (AvgIpc) is 2.81. The van der Waals surface area contributed by atoms with Crippen LogP contribution in [-0.2, 0) is 43.0 Å². The Balaban J connectivity index is 2.31. The predicted molar refractivity (Wildman–Crippen MR) is 133 cm³/mol. The molecule has 1 aliphatic heterocycles. The third kappa shape index (κ3) is 13.0. The van der Waals surface area contributed by atoms with E-state index in [1.54, 1.807) is 6.92 Å². The van der Waals surface area contributed by atoms with Crippen LogP contribution >= 0.6 is 11.8 Å². The summed E-state index contributed by atoms with van der Waals surface area (Å²) in [5.41, 5.74) is -0.622. The minimum Gasteiger partial charge on any atom is -0.481 e. The zero-order valence-corrected chi connectivity index (χ0v) is 22.7. The number of hydrogen-bond acceptors (Lipinski definition) is 10. The van der Waals surface area contributed by atoms with Crippen molar-refractivity contribution in [1.29, 1.82) is 0 Å². The van der Waals surface area contributed by atoms with E-state index in [4.69, 9.17) is 14.6 Å². The van der Waals surface area contributed by atoms with Crippen LogP contribution in [0.2, 0.25) is 0 Å². The molecule has 37 heavy (non-hydrogen) atoms. The number of amides is 2. The topological polar surface area (TPSA) is 174 Å². The summed E-state index contributed by atoms with van der Waals surface area (Å²) in [4.78, 5) is 70.1. The van der Waals surface area contributed by atoms with Crippen LogP contribution in [0.4, 0.5) is 0 Å². The van der Waals surface area contributed by atoms with E-state index in [2.05, 4.69) is 15.4 Å². The molecule has 0 aromatic carbocycles. The lowest BCUT2D eigenvalue weighted by Gasteiger charge is -2.46. The van der Waals surface area contributed by atoms with Gasteiger partial charge in [0.1, 0.15) is 11.9 Å². The monoisotopic (exact) mass is 546 g/mol. The summed E-state index contributed by atoms with van der Waals surface area (Å²) in [6.45, 7) is 5.88. The minimum absolute atomic E-state index is 0.0237. The molecule has 2 atom stereocenters. The Morgan fingerprint density at radius 2 is 1.70 bits per heavy atom. The molecule has 1 saturated heterocycles. The Kier molecular flexibility index (Phi) is 13.8. The molecule has 0 aromatic rings. The fourth-order valence-electron chi connectivity index (χ4n) is 3.44. The quantitative estimate of drug-likeness (QED) is 0.144. The lowest BCUT2D eigenvalue weighted by Crippen LogP contribution is -2.57. The number of carbonyl (C=O) groups is 6. The first-order valence-corrected chi connectivity index (χ1v) is 13.1. The van der Waals surface area contributed by atoms with Crippen LogP contribution in [0.15, 0.2) is 0 Å². The van der Waals surface area contributed by atoms with Gasteiger partial charge in [0.15, 0.2) is 10.9 Å². The highest BCUT2D eigenvalue weighted by Gasteiger charge is 2.47. The first-order valence-electron chi connectivity index (χ1n) is 12.1. The molecule has 1 rings (SSSR count). The number of hydrogen-bond donors (Lipinski definition) is 3. The third-order valence-corrected chi connectivity index (χ3v) is 6.48. The van der Waals surface area contributed by atoms with Gasteiger partial charge in [-0.3, -0.25) is 28.8 Å². The molecule has 0 aliphatic carbocycles. The summed E-state index contributed by atoms with van der Waals surface area (Å²) >= 11 is 0.920. The third-order valence-electron chi connectivity index (χ3n) is 5.60. The number of esters is 1. The maximum absolute atomic E-state index is 12.8. The lowest BCUT2D eigenvalue weighted by atomic mass is 9.85. The van der Waals surface area contributed by atoms with Crippen molar-refractivity contribution in [2.75, 3.05) is 32.6 Å². The second kappa shape index (κ2) is 15.7. The van der Waals surface area contributed by atoms with Crippen LogP contribution in [0, 0.1) is 5.41 Å². The number of aliphatic carboxylic acids is 1. The molecule has 12 nitrogen and oxygen atoms in total. The summed E-state index contributed by atoms with van der Waals surface area (Å²) < 4.78 is 16.2. The van der Waals surface area contributed by atoms with Gasteiger partial charge in [0.2, 0.25) is 11.8 Å². The van der Waals surface area contributed by atoms with E-state index in [-0.39, 0.29) is 80.3 Å². The number of carboxylic acids is 1. The molecule has 0 saturated carbocycles. The van der Waals surface area contributed by atoms with Gasteiger partial charge in [0, 0.05) is 49.9 Å². The fraction of sp³-hybridized carbons (Fsp3) is 0.750. The van der Waals surface area contributed by atoms with Crippen LogP contribution in [0.25, 0.3) is 0 Å². The molecule has 13 heteroatoms. The van der Waals surface area contributed by atoms with Crippen molar-refractivity contribution in [3.63, 3.8) is 0 Å². The van der Waals surface area contributed by atoms with Crippen molar-refractivity contribution in [2.24, 2.45) is 5.41 Å². The highest BCUT2D eigenvalue weighted by molar-refractivity contribution is 8.13. The molecule has 210 valence electrons. The van der Waals surface area contributed by atoms with E-state index in [0.29, 0.717) is 12.8 Å².